The van der Waals surface area contributed by atoms with E-state index in [1.54, 1.807) is 12.1 Å². The molecule has 0 spiro atoms. The number of carbonyl (C=O) groups is 2. The summed E-state index contributed by atoms with van der Waals surface area (Å²) in [5.41, 5.74) is 0.120. The van der Waals surface area contributed by atoms with Gasteiger partial charge in [0.05, 0.1) is 5.56 Å². The maximum Gasteiger partial charge on any atom is 0.335 e. The Morgan fingerprint density at radius 2 is 2.14 bits per heavy atom. The number of ether oxygens (including phenoxy) is 2. The van der Waals surface area contributed by atoms with Gasteiger partial charge in [0.1, 0.15) is 5.75 Å². The van der Waals surface area contributed by atoms with Crippen molar-refractivity contribution in [2.24, 2.45) is 0 Å². The van der Waals surface area contributed by atoms with Crippen molar-refractivity contribution >= 4 is 11.9 Å². The largest absolute Gasteiger partial charge is 0.478 e. The van der Waals surface area contributed by atoms with Gasteiger partial charge in [-0.05, 0) is 24.6 Å². The van der Waals surface area contributed by atoms with Crippen LogP contribution in [0, 0.1) is 0 Å². The van der Waals surface area contributed by atoms with Crippen LogP contribution in [0.5, 0.6) is 5.75 Å². The van der Waals surface area contributed by atoms with Crippen LogP contribution in [0.3, 0.4) is 0 Å². The number of hydrogen-bond acceptors (Lipinski definition) is 4. The van der Waals surface area contributed by atoms with E-state index in [-0.39, 0.29) is 5.56 Å². The summed E-state index contributed by atoms with van der Waals surface area (Å²) in [6.07, 6.45) is 3.77. The molecule has 1 N–H and O–H groups in total. The Morgan fingerprint density at radius 1 is 1.38 bits per heavy atom. The predicted molar refractivity (Wildman–Crippen MR) is 78.2 cm³/mol. The minimum Gasteiger partial charge on any atom is -0.478 e. The third-order valence-electron chi connectivity index (χ3n) is 2.81. The summed E-state index contributed by atoms with van der Waals surface area (Å²) in [6, 6.07) is 6.08. The van der Waals surface area contributed by atoms with Gasteiger partial charge < -0.3 is 14.6 Å². The Kier molecular flexibility index (Phi) is 7.01. The number of hydrogen-bond donors (Lipinski definition) is 1. The molecule has 0 aliphatic carbocycles. The minimum atomic E-state index is -1.04. The molecular formula is C16H20O5. The van der Waals surface area contributed by atoms with E-state index in [9.17, 15) is 9.59 Å². The topological polar surface area (TPSA) is 72.8 Å². The average molecular weight is 292 g/mol. The number of carboxylic acid groups (broad SMARTS) is 1. The molecule has 0 aliphatic heterocycles. The molecule has 0 bridgehead atoms. The maximum absolute atomic E-state index is 11.3. The highest BCUT2D eigenvalue weighted by Crippen LogP contribution is 2.18. The van der Waals surface area contributed by atoms with Crippen LogP contribution in [0.4, 0.5) is 0 Å². The van der Waals surface area contributed by atoms with E-state index in [0.29, 0.717) is 12.2 Å². The number of carbonyl (C=O) groups excluding carboxylic acids is 1. The standard InChI is InChI=1S/C16H20O5/c1-3-5-6-10-15(21-14(17)4-2)20-13-9-7-8-12(11-13)16(18)19/h4,7-9,11,15H,2-3,5-6,10H2,1H3,(H,18,19). The fraction of sp³-hybridized carbons (Fsp3) is 0.375. The number of esters is 1. The van der Waals surface area contributed by atoms with E-state index < -0.39 is 18.2 Å². The van der Waals surface area contributed by atoms with Crippen LogP contribution in [0.15, 0.2) is 36.9 Å². The van der Waals surface area contributed by atoms with Gasteiger partial charge in [-0.15, -0.1) is 0 Å². The zero-order valence-electron chi connectivity index (χ0n) is 12.1. The first kappa shape index (κ1) is 16.8. The first-order valence-electron chi connectivity index (χ1n) is 6.90. The second-order valence-electron chi connectivity index (χ2n) is 4.52. The van der Waals surface area contributed by atoms with Crippen LogP contribution < -0.4 is 4.74 Å². The quantitative estimate of drug-likeness (QED) is 0.327. The lowest BCUT2D eigenvalue weighted by Crippen LogP contribution is -2.23. The molecule has 0 saturated carbocycles. The molecule has 0 fully saturated rings. The van der Waals surface area contributed by atoms with Gasteiger partial charge in [0.15, 0.2) is 0 Å². The van der Waals surface area contributed by atoms with Crippen molar-refractivity contribution in [2.75, 3.05) is 0 Å². The number of rotatable bonds is 9. The first-order valence-corrected chi connectivity index (χ1v) is 6.90. The Hall–Kier alpha value is -2.30. The summed E-state index contributed by atoms with van der Waals surface area (Å²) in [4.78, 5) is 22.2. The number of carboxylic acids is 1. The molecule has 0 aliphatic rings. The normalized spacial score (nSPS) is 11.5. The summed E-state index contributed by atoms with van der Waals surface area (Å²) in [7, 11) is 0. The molecule has 5 nitrogen and oxygen atoms in total. The lowest BCUT2D eigenvalue weighted by Gasteiger charge is -2.19. The van der Waals surface area contributed by atoms with Crippen molar-refractivity contribution in [3.8, 4) is 5.75 Å². The van der Waals surface area contributed by atoms with Gasteiger partial charge in [0.25, 0.3) is 0 Å². The lowest BCUT2D eigenvalue weighted by atomic mass is 10.2. The third-order valence-corrected chi connectivity index (χ3v) is 2.81. The van der Waals surface area contributed by atoms with E-state index in [0.717, 1.165) is 25.3 Å². The van der Waals surface area contributed by atoms with E-state index in [1.807, 2.05) is 0 Å². The third kappa shape index (κ3) is 6.12. The molecule has 1 unspecified atom stereocenters. The highest BCUT2D eigenvalue weighted by atomic mass is 16.7. The van der Waals surface area contributed by atoms with Gasteiger partial charge in [-0.1, -0.05) is 32.4 Å². The molecule has 1 aromatic carbocycles. The Bertz CT molecular complexity index is 495. The second-order valence-corrected chi connectivity index (χ2v) is 4.52. The summed E-state index contributed by atoms with van der Waals surface area (Å²) in [5.74, 6) is -1.25. The maximum atomic E-state index is 11.3. The van der Waals surface area contributed by atoms with E-state index in [4.69, 9.17) is 14.6 Å². The van der Waals surface area contributed by atoms with Gasteiger partial charge in [-0.2, -0.15) is 0 Å². The zero-order chi connectivity index (χ0) is 15.7. The van der Waals surface area contributed by atoms with Crippen LogP contribution in [0.2, 0.25) is 0 Å². The second kappa shape index (κ2) is 8.79. The molecule has 0 saturated heterocycles. The molecule has 21 heavy (non-hydrogen) atoms. The first-order chi connectivity index (χ1) is 10.1. The minimum absolute atomic E-state index is 0.120. The highest BCUT2D eigenvalue weighted by molar-refractivity contribution is 5.88. The predicted octanol–water partition coefficient (Wildman–Crippen LogP) is 3.40. The molecule has 1 atom stereocenters. The SMILES string of the molecule is C=CC(=O)OC(CCCCC)Oc1cccc(C(=O)O)c1. The lowest BCUT2D eigenvalue weighted by molar-refractivity contribution is -0.158. The molecule has 0 amide bonds. The highest BCUT2D eigenvalue weighted by Gasteiger charge is 2.15. The van der Waals surface area contributed by atoms with Gasteiger partial charge in [-0.25, -0.2) is 9.59 Å². The fourth-order valence-corrected chi connectivity index (χ4v) is 1.73. The molecule has 5 heteroatoms. The smallest absolute Gasteiger partial charge is 0.335 e. The average Bonchev–Trinajstić information content (AvgIpc) is 2.47. The molecular weight excluding hydrogens is 272 g/mol. The molecule has 0 aromatic heterocycles. The van der Waals surface area contributed by atoms with Crippen molar-refractivity contribution in [3.05, 3.63) is 42.5 Å². The number of unbranched alkanes of at least 4 members (excludes halogenated alkanes) is 2. The van der Waals surface area contributed by atoms with Crippen molar-refractivity contribution < 1.29 is 24.2 Å². The Balaban J connectivity index is 2.73. The monoisotopic (exact) mass is 292 g/mol. The fourth-order valence-electron chi connectivity index (χ4n) is 1.73. The van der Waals surface area contributed by atoms with E-state index in [1.165, 1.54) is 12.1 Å². The van der Waals surface area contributed by atoms with Crippen molar-refractivity contribution in [3.63, 3.8) is 0 Å². The Morgan fingerprint density at radius 3 is 2.76 bits per heavy atom. The number of benzene rings is 1. The zero-order valence-corrected chi connectivity index (χ0v) is 12.1. The van der Waals surface area contributed by atoms with Gasteiger partial charge >= 0.3 is 11.9 Å². The van der Waals surface area contributed by atoms with E-state index >= 15 is 0 Å². The summed E-state index contributed by atoms with van der Waals surface area (Å²) in [5, 5.41) is 8.95. The molecule has 1 aromatic rings. The van der Waals surface area contributed by atoms with Crippen LogP contribution in [-0.2, 0) is 9.53 Å². The van der Waals surface area contributed by atoms with Gasteiger partial charge in [0.2, 0.25) is 6.29 Å². The van der Waals surface area contributed by atoms with Gasteiger partial charge in [0, 0.05) is 12.5 Å². The summed E-state index contributed by atoms with van der Waals surface area (Å²) >= 11 is 0. The summed E-state index contributed by atoms with van der Waals surface area (Å²) in [6.45, 7) is 5.42. The van der Waals surface area contributed by atoms with Crippen molar-refractivity contribution in [1.82, 2.24) is 0 Å². The number of aromatic carboxylic acids is 1. The summed E-state index contributed by atoms with van der Waals surface area (Å²) < 4.78 is 10.7. The van der Waals surface area contributed by atoms with Crippen LogP contribution >= 0.6 is 0 Å². The van der Waals surface area contributed by atoms with Crippen LogP contribution in [0.25, 0.3) is 0 Å². The molecule has 114 valence electrons. The van der Waals surface area contributed by atoms with Crippen molar-refractivity contribution in [1.29, 1.82) is 0 Å². The van der Waals surface area contributed by atoms with Gasteiger partial charge in [-0.3, -0.25) is 0 Å². The van der Waals surface area contributed by atoms with Crippen molar-refractivity contribution in [2.45, 2.75) is 38.9 Å². The molecule has 0 radical (unpaired) electrons. The molecule has 1 rings (SSSR count). The van der Waals surface area contributed by atoms with Crippen LogP contribution in [-0.4, -0.2) is 23.3 Å². The Labute approximate surface area is 124 Å². The van der Waals surface area contributed by atoms with E-state index in [2.05, 4.69) is 13.5 Å². The molecule has 0 heterocycles. The van der Waals surface area contributed by atoms with Crippen LogP contribution in [0.1, 0.15) is 43.0 Å².